The van der Waals surface area contributed by atoms with E-state index in [0.29, 0.717) is 13.2 Å². The van der Waals surface area contributed by atoms with E-state index < -0.39 is 6.10 Å². The highest BCUT2D eigenvalue weighted by molar-refractivity contribution is 5.13. The molecule has 0 amide bonds. The van der Waals surface area contributed by atoms with E-state index in [4.69, 9.17) is 9.47 Å². The van der Waals surface area contributed by atoms with Gasteiger partial charge in [-0.05, 0) is 12.5 Å². The molecule has 3 heteroatoms. The maximum absolute atomic E-state index is 9.30. The molecular formula is C12H18O3. The van der Waals surface area contributed by atoms with Gasteiger partial charge in [0.15, 0.2) is 0 Å². The van der Waals surface area contributed by atoms with Crippen LogP contribution in [-0.2, 0) is 16.1 Å². The first kappa shape index (κ1) is 12.2. The Bertz CT molecular complexity index is 259. The summed E-state index contributed by atoms with van der Waals surface area (Å²) in [6.45, 7) is 2.65. The standard InChI is InChI=1S/C12H18O3/c1-10(13)12(14-2)9-15-8-11-6-4-3-5-7-11/h3-7,10,12-13H,8-9H2,1-2H3/t10-,12?/m0/s1. The summed E-state index contributed by atoms with van der Waals surface area (Å²) in [5, 5.41) is 9.30. The molecular weight excluding hydrogens is 192 g/mol. The maximum Gasteiger partial charge on any atom is 0.106 e. The molecule has 0 aliphatic heterocycles. The van der Waals surface area contributed by atoms with Crippen molar-refractivity contribution in [2.75, 3.05) is 13.7 Å². The van der Waals surface area contributed by atoms with Crippen LogP contribution < -0.4 is 0 Å². The van der Waals surface area contributed by atoms with Gasteiger partial charge < -0.3 is 14.6 Å². The highest BCUT2D eigenvalue weighted by atomic mass is 16.5. The lowest BCUT2D eigenvalue weighted by molar-refractivity contribution is -0.0574. The molecule has 0 saturated carbocycles. The predicted octanol–water partition coefficient (Wildman–Crippen LogP) is 1.60. The first-order valence-corrected chi connectivity index (χ1v) is 5.06. The molecule has 0 fully saturated rings. The fourth-order valence-electron chi connectivity index (χ4n) is 1.27. The second kappa shape index (κ2) is 6.56. The number of hydrogen-bond acceptors (Lipinski definition) is 3. The van der Waals surface area contributed by atoms with Crippen LogP contribution in [-0.4, -0.2) is 31.0 Å². The third-order valence-electron chi connectivity index (χ3n) is 2.23. The van der Waals surface area contributed by atoms with Crippen LogP contribution >= 0.6 is 0 Å². The zero-order valence-corrected chi connectivity index (χ0v) is 9.22. The Labute approximate surface area is 90.6 Å². The first-order valence-electron chi connectivity index (χ1n) is 5.06. The molecule has 3 nitrogen and oxygen atoms in total. The summed E-state index contributed by atoms with van der Waals surface area (Å²) in [5.41, 5.74) is 1.12. The molecule has 1 aromatic rings. The average Bonchev–Trinajstić information content (AvgIpc) is 2.25. The van der Waals surface area contributed by atoms with Crippen LogP contribution in [0.3, 0.4) is 0 Å². The Kier molecular flexibility index (Phi) is 5.32. The molecule has 0 aliphatic carbocycles. The van der Waals surface area contributed by atoms with Crippen molar-refractivity contribution in [1.82, 2.24) is 0 Å². The molecule has 0 spiro atoms. The van der Waals surface area contributed by atoms with E-state index in [1.807, 2.05) is 30.3 Å². The van der Waals surface area contributed by atoms with Crippen LogP contribution in [0.5, 0.6) is 0 Å². The molecule has 0 radical (unpaired) electrons. The minimum atomic E-state index is -0.509. The maximum atomic E-state index is 9.30. The molecule has 0 saturated heterocycles. The topological polar surface area (TPSA) is 38.7 Å². The van der Waals surface area contributed by atoms with Gasteiger partial charge in [0.25, 0.3) is 0 Å². The van der Waals surface area contributed by atoms with Gasteiger partial charge in [0.1, 0.15) is 6.10 Å². The molecule has 0 aliphatic rings. The van der Waals surface area contributed by atoms with Crippen molar-refractivity contribution in [2.24, 2.45) is 0 Å². The van der Waals surface area contributed by atoms with Crippen molar-refractivity contribution in [3.63, 3.8) is 0 Å². The zero-order valence-electron chi connectivity index (χ0n) is 9.22. The van der Waals surface area contributed by atoms with Gasteiger partial charge in [0.2, 0.25) is 0 Å². The molecule has 1 aromatic carbocycles. The quantitative estimate of drug-likeness (QED) is 0.775. The largest absolute Gasteiger partial charge is 0.391 e. The van der Waals surface area contributed by atoms with Crippen molar-refractivity contribution in [2.45, 2.75) is 25.7 Å². The third kappa shape index (κ3) is 4.42. The second-order valence-corrected chi connectivity index (χ2v) is 3.52. The Morgan fingerprint density at radius 3 is 2.47 bits per heavy atom. The summed E-state index contributed by atoms with van der Waals surface area (Å²) in [7, 11) is 1.57. The highest BCUT2D eigenvalue weighted by Crippen LogP contribution is 2.03. The van der Waals surface area contributed by atoms with Gasteiger partial charge >= 0.3 is 0 Å². The Morgan fingerprint density at radius 1 is 1.27 bits per heavy atom. The molecule has 1 N–H and O–H groups in total. The van der Waals surface area contributed by atoms with Gasteiger partial charge in [0, 0.05) is 7.11 Å². The lowest BCUT2D eigenvalue weighted by atomic mass is 10.2. The van der Waals surface area contributed by atoms with Crippen molar-refractivity contribution in [1.29, 1.82) is 0 Å². The van der Waals surface area contributed by atoms with Crippen LogP contribution in [0.15, 0.2) is 30.3 Å². The molecule has 2 atom stereocenters. The van der Waals surface area contributed by atoms with E-state index in [2.05, 4.69) is 0 Å². The van der Waals surface area contributed by atoms with Gasteiger partial charge in [-0.1, -0.05) is 30.3 Å². The van der Waals surface area contributed by atoms with Crippen LogP contribution in [0.25, 0.3) is 0 Å². The number of methoxy groups -OCH3 is 1. The van der Waals surface area contributed by atoms with E-state index in [1.54, 1.807) is 14.0 Å². The number of rotatable bonds is 6. The van der Waals surface area contributed by atoms with Crippen molar-refractivity contribution < 1.29 is 14.6 Å². The Morgan fingerprint density at radius 2 is 1.93 bits per heavy atom. The molecule has 0 aromatic heterocycles. The summed E-state index contributed by atoms with van der Waals surface area (Å²) < 4.78 is 10.5. The van der Waals surface area contributed by atoms with Gasteiger partial charge in [-0.2, -0.15) is 0 Å². The van der Waals surface area contributed by atoms with E-state index in [-0.39, 0.29) is 6.10 Å². The normalized spacial score (nSPS) is 14.9. The van der Waals surface area contributed by atoms with E-state index in [1.165, 1.54) is 0 Å². The summed E-state index contributed by atoms with van der Waals surface area (Å²) in [6, 6.07) is 9.92. The summed E-state index contributed by atoms with van der Waals surface area (Å²) in [5.74, 6) is 0. The van der Waals surface area contributed by atoms with Crippen LogP contribution in [0.4, 0.5) is 0 Å². The minimum Gasteiger partial charge on any atom is -0.391 e. The Hall–Kier alpha value is -0.900. The number of hydrogen-bond donors (Lipinski definition) is 1. The van der Waals surface area contributed by atoms with Crippen LogP contribution in [0.2, 0.25) is 0 Å². The van der Waals surface area contributed by atoms with Gasteiger partial charge in [-0.25, -0.2) is 0 Å². The lowest BCUT2D eigenvalue weighted by Gasteiger charge is -2.18. The predicted molar refractivity (Wildman–Crippen MR) is 58.6 cm³/mol. The second-order valence-electron chi connectivity index (χ2n) is 3.52. The van der Waals surface area contributed by atoms with E-state index >= 15 is 0 Å². The summed E-state index contributed by atoms with van der Waals surface area (Å²) in [4.78, 5) is 0. The molecule has 1 unspecified atom stereocenters. The van der Waals surface area contributed by atoms with Gasteiger partial charge in [-0.15, -0.1) is 0 Å². The molecule has 84 valence electrons. The molecule has 0 bridgehead atoms. The van der Waals surface area contributed by atoms with Crippen LogP contribution in [0.1, 0.15) is 12.5 Å². The average molecular weight is 210 g/mol. The minimum absolute atomic E-state index is 0.256. The first-order chi connectivity index (χ1) is 7.24. The number of ether oxygens (including phenoxy) is 2. The summed E-state index contributed by atoms with van der Waals surface area (Å²) >= 11 is 0. The lowest BCUT2D eigenvalue weighted by Crippen LogP contribution is -2.30. The zero-order chi connectivity index (χ0) is 11.1. The Balaban J connectivity index is 2.27. The van der Waals surface area contributed by atoms with Crippen molar-refractivity contribution in [3.8, 4) is 0 Å². The van der Waals surface area contributed by atoms with Crippen molar-refractivity contribution >= 4 is 0 Å². The summed E-state index contributed by atoms with van der Waals surface area (Å²) in [6.07, 6.45) is -0.764. The molecule has 0 heterocycles. The SMILES string of the molecule is COC(COCc1ccccc1)[C@H](C)O. The molecule has 15 heavy (non-hydrogen) atoms. The van der Waals surface area contributed by atoms with E-state index in [9.17, 15) is 5.11 Å². The fraction of sp³-hybridized carbons (Fsp3) is 0.500. The van der Waals surface area contributed by atoms with E-state index in [0.717, 1.165) is 5.56 Å². The van der Waals surface area contributed by atoms with Gasteiger partial charge in [0.05, 0.1) is 19.3 Å². The number of aliphatic hydroxyl groups is 1. The fourth-order valence-corrected chi connectivity index (χ4v) is 1.27. The number of benzene rings is 1. The van der Waals surface area contributed by atoms with Crippen molar-refractivity contribution in [3.05, 3.63) is 35.9 Å². The van der Waals surface area contributed by atoms with Gasteiger partial charge in [-0.3, -0.25) is 0 Å². The third-order valence-corrected chi connectivity index (χ3v) is 2.23. The highest BCUT2D eigenvalue weighted by Gasteiger charge is 2.13. The molecule has 1 rings (SSSR count). The monoisotopic (exact) mass is 210 g/mol. The number of aliphatic hydroxyl groups excluding tert-OH is 1. The smallest absolute Gasteiger partial charge is 0.106 e. The van der Waals surface area contributed by atoms with Crippen LogP contribution in [0, 0.1) is 0 Å².